The highest BCUT2D eigenvalue weighted by Gasteiger charge is 2.16. The third-order valence-electron chi connectivity index (χ3n) is 4.15. The molecule has 1 amide bonds. The Kier molecular flexibility index (Phi) is 4.57. The molecule has 0 aliphatic heterocycles. The number of nitrogens with zero attached hydrogens (tertiary/aromatic N) is 3. The van der Waals surface area contributed by atoms with Gasteiger partial charge in [0.25, 0.3) is 5.91 Å². The first kappa shape index (κ1) is 16.1. The highest BCUT2D eigenvalue weighted by atomic mass is 16.3. The van der Waals surface area contributed by atoms with Gasteiger partial charge in [0.2, 0.25) is 0 Å². The summed E-state index contributed by atoms with van der Waals surface area (Å²) in [6.07, 6.45) is 0.953. The lowest BCUT2D eigenvalue weighted by atomic mass is 10.0. The van der Waals surface area contributed by atoms with Crippen LogP contribution in [0.3, 0.4) is 0 Å². The number of aliphatic hydroxyl groups is 1. The first-order valence-corrected chi connectivity index (χ1v) is 7.92. The molecule has 0 radical (unpaired) electrons. The third kappa shape index (κ3) is 3.14. The van der Waals surface area contributed by atoms with Crippen LogP contribution in [-0.2, 0) is 13.5 Å². The van der Waals surface area contributed by atoms with E-state index in [1.54, 1.807) is 23.9 Å². The summed E-state index contributed by atoms with van der Waals surface area (Å²) >= 11 is 0. The maximum Gasteiger partial charge on any atom is 0.251 e. The molecule has 0 fully saturated rings. The van der Waals surface area contributed by atoms with Gasteiger partial charge in [-0.1, -0.05) is 36.4 Å². The molecule has 0 saturated carbocycles. The van der Waals surface area contributed by atoms with Crippen molar-refractivity contribution in [3.63, 3.8) is 0 Å². The molecule has 0 spiro atoms. The maximum absolute atomic E-state index is 12.5. The molecule has 0 aliphatic carbocycles. The van der Waals surface area contributed by atoms with E-state index in [4.69, 9.17) is 0 Å². The predicted molar refractivity (Wildman–Crippen MR) is 91.6 cm³/mol. The van der Waals surface area contributed by atoms with Gasteiger partial charge in [-0.2, -0.15) is 0 Å². The average molecular weight is 324 g/mol. The van der Waals surface area contributed by atoms with Crippen molar-refractivity contribution in [3.05, 3.63) is 59.2 Å². The molecule has 1 aromatic heterocycles. The summed E-state index contributed by atoms with van der Waals surface area (Å²) in [5.74, 6) is -0.249. The van der Waals surface area contributed by atoms with Crippen molar-refractivity contribution in [1.82, 2.24) is 20.3 Å². The van der Waals surface area contributed by atoms with E-state index in [1.165, 1.54) is 5.56 Å². The first-order chi connectivity index (χ1) is 11.6. The summed E-state index contributed by atoms with van der Waals surface area (Å²) in [7, 11) is 1.80. The van der Waals surface area contributed by atoms with E-state index in [2.05, 4.69) is 22.6 Å². The number of rotatable bonds is 5. The molecule has 124 valence electrons. The van der Waals surface area contributed by atoms with Crippen molar-refractivity contribution in [2.75, 3.05) is 6.61 Å². The highest BCUT2D eigenvalue weighted by Crippen LogP contribution is 2.17. The molecule has 2 aromatic carbocycles. The number of carbonyl (C=O) groups excluding carboxylic acids is 1. The Labute approximate surface area is 140 Å². The van der Waals surface area contributed by atoms with E-state index in [1.807, 2.05) is 30.3 Å². The number of hydrogen-bond donors (Lipinski definition) is 2. The molecular weight excluding hydrogens is 304 g/mol. The number of benzene rings is 2. The van der Waals surface area contributed by atoms with Crippen molar-refractivity contribution in [3.8, 4) is 0 Å². The Morgan fingerprint density at radius 1 is 1.25 bits per heavy atom. The maximum atomic E-state index is 12.5. The Morgan fingerprint density at radius 2 is 2.00 bits per heavy atom. The van der Waals surface area contributed by atoms with Gasteiger partial charge in [-0.25, -0.2) is 4.68 Å². The molecular formula is C18H20N4O2. The topological polar surface area (TPSA) is 80.0 Å². The van der Waals surface area contributed by atoms with Gasteiger partial charge < -0.3 is 10.4 Å². The van der Waals surface area contributed by atoms with Crippen LogP contribution in [0.1, 0.15) is 34.5 Å². The Morgan fingerprint density at radius 3 is 2.67 bits per heavy atom. The van der Waals surface area contributed by atoms with Crippen molar-refractivity contribution in [1.29, 1.82) is 0 Å². The number of aliphatic hydroxyl groups excluding tert-OH is 1. The van der Waals surface area contributed by atoms with E-state index >= 15 is 0 Å². The fraction of sp³-hybridized carbons (Fsp3) is 0.278. The van der Waals surface area contributed by atoms with Gasteiger partial charge in [0.15, 0.2) is 0 Å². The normalized spacial score (nSPS) is 12.3. The molecule has 0 bridgehead atoms. The summed E-state index contributed by atoms with van der Waals surface area (Å²) in [4.78, 5) is 12.5. The van der Waals surface area contributed by atoms with E-state index < -0.39 is 6.04 Å². The minimum atomic E-state index is -0.444. The second-order valence-corrected chi connectivity index (χ2v) is 5.72. The van der Waals surface area contributed by atoms with Gasteiger partial charge in [-0.15, -0.1) is 5.10 Å². The number of carbonyl (C=O) groups is 1. The zero-order valence-electron chi connectivity index (χ0n) is 13.7. The van der Waals surface area contributed by atoms with E-state index in [0.717, 1.165) is 17.5 Å². The van der Waals surface area contributed by atoms with Gasteiger partial charge in [-0.05, 0) is 35.7 Å². The number of amides is 1. The van der Waals surface area contributed by atoms with Gasteiger partial charge in [0.1, 0.15) is 5.52 Å². The van der Waals surface area contributed by atoms with Crippen LogP contribution in [0.4, 0.5) is 0 Å². The predicted octanol–water partition coefficient (Wildman–Crippen LogP) is 1.99. The molecule has 3 aromatic rings. The molecule has 0 saturated heterocycles. The molecule has 1 heterocycles. The SMILES string of the molecule is CCc1ccc(C(CO)NC(=O)c2ccc3c(c2)nnn3C)cc1. The molecule has 6 nitrogen and oxygen atoms in total. The lowest BCUT2D eigenvalue weighted by Gasteiger charge is -2.17. The molecule has 1 unspecified atom stereocenters. The molecule has 24 heavy (non-hydrogen) atoms. The van der Waals surface area contributed by atoms with Crippen molar-refractivity contribution >= 4 is 16.9 Å². The fourth-order valence-corrected chi connectivity index (χ4v) is 2.64. The third-order valence-corrected chi connectivity index (χ3v) is 4.15. The fourth-order valence-electron chi connectivity index (χ4n) is 2.64. The Bertz CT molecular complexity index is 855. The number of aryl methyl sites for hydroxylation is 2. The first-order valence-electron chi connectivity index (χ1n) is 7.92. The summed E-state index contributed by atoms with van der Waals surface area (Å²) in [6.45, 7) is 1.92. The minimum absolute atomic E-state index is 0.162. The second kappa shape index (κ2) is 6.80. The van der Waals surface area contributed by atoms with Gasteiger partial charge >= 0.3 is 0 Å². The Balaban J connectivity index is 1.79. The number of nitrogens with one attached hydrogen (secondary N) is 1. The van der Waals surface area contributed by atoms with E-state index in [9.17, 15) is 9.90 Å². The van der Waals surface area contributed by atoms with Crippen LogP contribution in [-0.4, -0.2) is 32.6 Å². The standard InChI is InChI=1S/C18H20N4O2/c1-3-12-4-6-13(7-5-12)16(11-23)19-18(24)14-8-9-17-15(10-14)20-21-22(17)2/h4-10,16,23H,3,11H2,1-2H3,(H,19,24). The van der Waals surface area contributed by atoms with E-state index in [-0.39, 0.29) is 12.5 Å². The van der Waals surface area contributed by atoms with Crippen LogP contribution in [0.15, 0.2) is 42.5 Å². The van der Waals surface area contributed by atoms with Gasteiger partial charge in [-0.3, -0.25) is 4.79 Å². The number of fused-ring (bicyclic) bond motifs is 1. The lowest BCUT2D eigenvalue weighted by Crippen LogP contribution is -2.30. The highest BCUT2D eigenvalue weighted by molar-refractivity contribution is 5.97. The molecule has 2 N–H and O–H groups in total. The van der Waals surface area contributed by atoms with Crippen LogP contribution in [0.25, 0.3) is 11.0 Å². The second-order valence-electron chi connectivity index (χ2n) is 5.72. The largest absolute Gasteiger partial charge is 0.394 e. The quantitative estimate of drug-likeness (QED) is 0.752. The molecule has 1 atom stereocenters. The summed E-state index contributed by atoms with van der Waals surface area (Å²) < 4.78 is 1.66. The van der Waals surface area contributed by atoms with Crippen LogP contribution in [0, 0.1) is 0 Å². The monoisotopic (exact) mass is 324 g/mol. The molecule has 6 heteroatoms. The van der Waals surface area contributed by atoms with Crippen LogP contribution in [0.2, 0.25) is 0 Å². The van der Waals surface area contributed by atoms with Crippen LogP contribution >= 0.6 is 0 Å². The molecule has 3 rings (SSSR count). The lowest BCUT2D eigenvalue weighted by molar-refractivity contribution is 0.0916. The van der Waals surface area contributed by atoms with Gasteiger partial charge in [0, 0.05) is 12.6 Å². The van der Waals surface area contributed by atoms with Crippen LogP contribution < -0.4 is 5.32 Å². The smallest absolute Gasteiger partial charge is 0.251 e. The summed E-state index contributed by atoms with van der Waals surface area (Å²) in [6, 6.07) is 12.7. The zero-order chi connectivity index (χ0) is 17.1. The van der Waals surface area contributed by atoms with Crippen molar-refractivity contribution < 1.29 is 9.90 Å². The van der Waals surface area contributed by atoms with Gasteiger partial charge in [0.05, 0.1) is 18.2 Å². The van der Waals surface area contributed by atoms with Crippen LogP contribution in [0.5, 0.6) is 0 Å². The minimum Gasteiger partial charge on any atom is -0.394 e. The summed E-state index contributed by atoms with van der Waals surface area (Å²) in [5.41, 5.74) is 4.11. The molecule has 0 aliphatic rings. The number of hydrogen-bond acceptors (Lipinski definition) is 4. The number of aromatic nitrogens is 3. The average Bonchev–Trinajstić information content (AvgIpc) is 3.00. The zero-order valence-corrected chi connectivity index (χ0v) is 13.7. The summed E-state index contributed by atoms with van der Waals surface area (Å²) in [5, 5.41) is 20.5. The Hall–Kier alpha value is -2.73. The van der Waals surface area contributed by atoms with Crippen molar-refractivity contribution in [2.45, 2.75) is 19.4 Å². The van der Waals surface area contributed by atoms with Crippen molar-refractivity contribution in [2.24, 2.45) is 7.05 Å². The van der Waals surface area contributed by atoms with E-state index in [0.29, 0.717) is 11.1 Å².